The molecular formula is C14H12Cl2N2O3. The summed E-state index contributed by atoms with van der Waals surface area (Å²) in [5, 5.41) is 9.85. The molecule has 5 nitrogen and oxygen atoms in total. The van der Waals surface area contributed by atoms with Crippen LogP contribution in [-0.2, 0) is 11.8 Å². The van der Waals surface area contributed by atoms with E-state index in [9.17, 15) is 9.59 Å². The minimum absolute atomic E-state index is 0.293. The van der Waals surface area contributed by atoms with Gasteiger partial charge in [-0.25, -0.2) is 0 Å². The molecule has 0 saturated carbocycles. The van der Waals surface area contributed by atoms with E-state index in [0.717, 1.165) is 4.90 Å². The van der Waals surface area contributed by atoms with Gasteiger partial charge in [0.1, 0.15) is 12.2 Å². The van der Waals surface area contributed by atoms with Crippen LogP contribution < -0.4 is 4.90 Å². The number of halogens is 2. The Hall–Kier alpha value is -1.98. The highest BCUT2D eigenvalue weighted by Gasteiger charge is 2.23. The van der Waals surface area contributed by atoms with E-state index in [1.165, 1.54) is 12.1 Å². The van der Waals surface area contributed by atoms with Crippen LogP contribution in [0.25, 0.3) is 0 Å². The van der Waals surface area contributed by atoms with Gasteiger partial charge in [-0.05, 0) is 24.3 Å². The number of hydrogen-bond acceptors (Lipinski definition) is 2. The summed E-state index contributed by atoms with van der Waals surface area (Å²) in [7, 11) is 1.66. The van der Waals surface area contributed by atoms with Crippen molar-refractivity contribution in [1.82, 2.24) is 4.57 Å². The van der Waals surface area contributed by atoms with Gasteiger partial charge >= 0.3 is 5.97 Å². The molecule has 1 aromatic heterocycles. The quantitative estimate of drug-likeness (QED) is 0.939. The fourth-order valence-corrected chi connectivity index (χ4v) is 2.37. The van der Waals surface area contributed by atoms with Crippen molar-refractivity contribution in [3.8, 4) is 0 Å². The number of carbonyl (C=O) groups is 2. The zero-order chi connectivity index (χ0) is 15.6. The van der Waals surface area contributed by atoms with Crippen molar-refractivity contribution >= 4 is 40.8 Å². The minimum Gasteiger partial charge on any atom is -0.480 e. The first kappa shape index (κ1) is 15.4. The lowest BCUT2D eigenvalue weighted by molar-refractivity contribution is -0.135. The summed E-state index contributed by atoms with van der Waals surface area (Å²) in [5.41, 5.74) is 0.702. The van der Waals surface area contributed by atoms with E-state index in [1.54, 1.807) is 36.0 Å². The molecule has 0 aliphatic rings. The van der Waals surface area contributed by atoms with E-state index < -0.39 is 18.4 Å². The molecule has 7 heteroatoms. The molecule has 0 aliphatic carbocycles. The lowest BCUT2D eigenvalue weighted by Crippen LogP contribution is -2.36. The van der Waals surface area contributed by atoms with Gasteiger partial charge in [0.15, 0.2) is 0 Å². The smallest absolute Gasteiger partial charge is 0.323 e. The molecular weight excluding hydrogens is 315 g/mol. The topological polar surface area (TPSA) is 62.5 Å². The predicted octanol–water partition coefficient (Wildman–Crippen LogP) is 3.06. The average Bonchev–Trinajstić information content (AvgIpc) is 2.74. The number of anilines is 1. The molecule has 2 rings (SSSR count). The Morgan fingerprint density at radius 2 is 1.95 bits per heavy atom. The van der Waals surface area contributed by atoms with Crippen LogP contribution in [0.4, 0.5) is 5.69 Å². The first-order valence-corrected chi connectivity index (χ1v) is 6.75. The molecule has 0 radical (unpaired) electrons. The monoisotopic (exact) mass is 326 g/mol. The standard InChI is InChI=1S/C14H12Cl2N2O3/c1-17-7-10(16)6-12(17)14(21)18(8-13(19)20)11-4-2-3-9(15)5-11/h2-7H,8H2,1H3,(H,19,20). The van der Waals surface area contributed by atoms with Crippen molar-refractivity contribution in [2.75, 3.05) is 11.4 Å². The van der Waals surface area contributed by atoms with Crippen molar-refractivity contribution in [3.63, 3.8) is 0 Å². The molecule has 0 fully saturated rings. The third-order valence-electron chi connectivity index (χ3n) is 2.85. The third-order valence-corrected chi connectivity index (χ3v) is 3.29. The van der Waals surface area contributed by atoms with Crippen molar-refractivity contribution in [2.24, 2.45) is 7.05 Å². The third kappa shape index (κ3) is 3.56. The number of aromatic nitrogens is 1. The number of nitrogens with zero attached hydrogens (tertiary/aromatic N) is 2. The molecule has 0 bridgehead atoms. The van der Waals surface area contributed by atoms with Crippen molar-refractivity contribution in [1.29, 1.82) is 0 Å². The second-order valence-corrected chi connectivity index (χ2v) is 5.29. The number of carbonyl (C=O) groups excluding carboxylic acids is 1. The lowest BCUT2D eigenvalue weighted by atomic mass is 10.2. The number of amides is 1. The van der Waals surface area contributed by atoms with Crippen LogP contribution in [0.1, 0.15) is 10.5 Å². The minimum atomic E-state index is -1.12. The second kappa shape index (κ2) is 6.20. The highest BCUT2D eigenvalue weighted by atomic mass is 35.5. The largest absolute Gasteiger partial charge is 0.480 e. The maximum Gasteiger partial charge on any atom is 0.323 e. The molecule has 2 aromatic rings. The Bertz CT molecular complexity index is 697. The van der Waals surface area contributed by atoms with Crippen molar-refractivity contribution in [3.05, 3.63) is 52.3 Å². The number of hydrogen-bond donors (Lipinski definition) is 1. The van der Waals surface area contributed by atoms with Crippen molar-refractivity contribution in [2.45, 2.75) is 0 Å². The Labute approximate surface area is 131 Å². The zero-order valence-corrected chi connectivity index (χ0v) is 12.6. The maximum atomic E-state index is 12.6. The van der Waals surface area contributed by atoms with Crippen LogP contribution in [0.3, 0.4) is 0 Å². The lowest BCUT2D eigenvalue weighted by Gasteiger charge is -2.21. The summed E-state index contributed by atoms with van der Waals surface area (Å²) in [6, 6.07) is 7.94. The normalized spacial score (nSPS) is 10.4. The van der Waals surface area contributed by atoms with Gasteiger partial charge in [-0.15, -0.1) is 0 Å². The van der Waals surface area contributed by atoms with Gasteiger partial charge in [0.05, 0.1) is 5.02 Å². The molecule has 1 N–H and O–H groups in total. The van der Waals surface area contributed by atoms with E-state index >= 15 is 0 Å². The van der Waals surface area contributed by atoms with Gasteiger partial charge in [-0.2, -0.15) is 0 Å². The predicted molar refractivity (Wildman–Crippen MR) is 81.2 cm³/mol. The van der Waals surface area contributed by atoms with Crippen molar-refractivity contribution < 1.29 is 14.7 Å². The fraction of sp³-hybridized carbons (Fsp3) is 0.143. The van der Waals surface area contributed by atoms with E-state index in [1.807, 2.05) is 0 Å². The van der Waals surface area contributed by atoms with E-state index in [-0.39, 0.29) is 0 Å². The maximum absolute atomic E-state index is 12.6. The van der Waals surface area contributed by atoms with Gasteiger partial charge < -0.3 is 9.67 Å². The highest BCUT2D eigenvalue weighted by molar-refractivity contribution is 6.31. The number of carboxylic acids is 1. The Balaban J connectivity index is 2.43. The van der Waals surface area contributed by atoms with Crippen LogP contribution in [-0.4, -0.2) is 28.1 Å². The number of aryl methyl sites for hydroxylation is 1. The summed E-state index contributed by atoms with van der Waals surface area (Å²) >= 11 is 11.8. The highest BCUT2D eigenvalue weighted by Crippen LogP contribution is 2.22. The molecule has 0 saturated heterocycles. The molecule has 1 amide bonds. The first-order valence-electron chi connectivity index (χ1n) is 5.99. The first-order chi connectivity index (χ1) is 9.88. The van der Waals surface area contributed by atoms with Crippen LogP contribution in [0.5, 0.6) is 0 Å². The van der Waals surface area contributed by atoms with Gasteiger partial charge in [0, 0.05) is 24.0 Å². The van der Waals surface area contributed by atoms with E-state index in [4.69, 9.17) is 28.3 Å². The molecule has 0 atom stereocenters. The number of aliphatic carboxylic acids is 1. The Kier molecular flexibility index (Phi) is 4.55. The zero-order valence-electron chi connectivity index (χ0n) is 11.1. The molecule has 0 aliphatic heterocycles. The molecule has 1 heterocycles. The summed E-state index contributed by atoms with van der Waals surface area (Å²) in [6.45, 7) is -0.470. The summed E-state index contributed by atoms with van der Waals surface area (Å²) in [5.74, 6) is -1.59. The Morgan fingerprint density at radius 3 is 2.48 bits per heavy atom. The van der Waals surface area contributed by atoms with Gasteiger partial charge in [-0.3, -0.25) is 14.5 Å². The fourth-order valence-electron chi connectivity index (χ4n) is 1.93. The SMILES string of the molecule is Cn1cc(Cl)cc1C(=O)N(CC(=O)O)c1cccc(Cl)c1. The molecule has 21 heavy (non-hydrogen) atoms. The summed E-state index contributed by atoms with van der Waals surface area (Å²) < 4.78 is 1.55. The summed E-state index contributed by atoms with van der Waals surface area (Å²) in [4.78, 5) is 24.7. The van der Waals surface area contributed by atoms with Crippen LogP contribution in [0.2, 0.25) is 10.0 Å². The Morgan fingerprint density at radius 1 is 1.24 bits per heavy atom. The van der Waals surface area contributed by atoms with E-state index in [2.05, 4.69) is 0 Å². The van der Waals surface area contributed by atoms with Crippen LogP contribution >= 0.6 is 23.2 Å². The molecule has 1 aromatic carbocycles. The number of rotatable bonds is 4. The molecule has 0 unspecified atom stereocenters. The number of benzene rings is 1. The van der Waals surface area contributed by atoms with Crippen LogP contribution in [0.15, 0.2) is 36.5 Å². The van der Waals surface area contributed by atoms with Gasteiger partial charge in [0.2, 0.25) is 0 Å². The average molecular weight is 327 g/mol. The molecule has 0 spiro atoms. The second-order valence-electron chi connectivity index (χ2n) is 4.42. The molecule has 110 valence electrons. The van der Waals surface area contributed by atoms with Gasteiger partial charge in [-0.1, -0.05) is 29.3 Å². The summed E-state index contributed by atoms with van der Waals surface area (Å²) in [6.07, 6.45) is 1.58. The van der Waals surface area contributed by atoms with Gasteiger partial charge in [0.25, 0.3) is 5.91 Å². The van der Waals surface area contributed by atoms with Crippen LogP contribution in [0, 0.1) is 0 Å². The number of carboxylic acid groups (broad SMARTS) is 1. The van der Waals surface area contributed by atoms with E-state index in [0.29, 0.717) is 21.4 Å².